The number of benzene rings is 2. The number of amides is 1. The molecule has 4 atom stereocenters. The number of fused-ring (bicyclic) bond motifs is 1. The fourth-order valence-corrected chi connectivity index (χ4v) is 7.10. The minimum Gasteiger partial charge on any atom is -0.480 e. The lowest BCUT2D eigenvalue weighted by molar-refractivity contribution is -0.143. The van der Waals surface area contributed by atoms with Gasteiger partial charge in [0.1, 0.15) is 12.4 Å². The number of aliphatic carboxylic acids is 1. The molecule has 1 aliphatic carbocycles. The zero-order valence-electron chi connectivity index (χ0n) is 19.5. The third-order valence-electron chi connectivity index (χ3n) is 7.30. The number of halogens is 3. The second kappa shape index (κ2) is 8.53. The number of para-hydroxylation sites is 2. The van der Waals surface area contributed by atoms with Gasteiger partial charge in [-0.25, -0.2) is 13.4 Å². The number of nitrogens with two attached hydrogens (primary N) is 1. The fraction of sp³-hybridized carbons (Fsp3) is 0.333. The molecule has 2 aliphatic rings. The van der Waals surface area contributed by atoms with Crippen molar-refractivity contribution in [2.45, 2.75) is 41.2 Å². The van der Waals surface area contributed by atoms with Gasteiger partial charge in [0.25, 0.3) is 0 Å². The number of nitriles is 1. The van der Waals surface area contributed by atoms with Gasteiger partial charge in [-0.1, -0.05) is 12.1 Å². The Morgan fingerprint density at radius 3 is 2.53 bits per heavy atom. The molecule has 10 nitrogen and oxygen atoms in total. The number of likely N-dealkylation sites (tertiary alicyclic amines) is 1. The molecular weight excluding hydrogens is 527 g/mol. The number of imidazole rings is 1. The van der Waals surface area contributed by atoms with Gasteiger partial charge in [0.2, 0.25) is 5.91 Å². The summed E-state index contributed by atoms with van der Waals surface area (Å²) in [6.07, 6.45) is -4.31. The number of sulfone groups is 1. The Kier molecular flexibility index (Phi) is 5.77. The molecule has 2 aromatic carbocycles. The first kappa shape index (κ1) is 25.7. The van der Waals surface area contributed by atoms with Crippen LogP contribution in [0.15, 0.2) is 53.7 Å². The molecule has 38 heavy (non-hydrogen) atoms. The van der Waals surface area contributed by atoms with E-state index in [-0.39, 0.29) is 12.1 Å². The van der Waals surface area contributed by atoms with E-state index < -0.39 is 74.1 Å². The van der Waals surface area contributed by atoms with Crippen LogP contribution < -0.4 is 5.73 Å². The fourth-order valence-electron chi connectivity index (χ4n) is 5.20. The predicted molar refractivity (Wildman–Crippen MR) is 125 cm³/mol. The number of alkyl halides is 3. The average Bonchev–Trinajstić information content (AvgIpc) is 3.21. The second-order valence-corrected chi connectivity index (χ2v) is 11.6. The molecule has 0 bridgehead atoms. The highest BCUT2D eigenvalue weighted by atomic mass is 32.2. The summed E-state index contributed by atoms with van der Waals surface area (Å²) in [6, 6.07) is 8.97. The van der Waals surface area contributed by atoms with Crippen LogP contribution in [-0.4, -0.2) is 63.7 Å². The first-order valence-corrected chi connectivity index (χ1v) is 12.9. The minimum absolute atomic E-state index is 0.0414. The van der Waals surface area contributed by atoms with Crippen molar-refractivity contribution in [1.82, 2.24) is 14.5 Å². The first-order valence-electron chi connectivity index (χ1n) is 11.4. The Labute approximate surface area is 214 Å². The standard InChI is InChI=1S/C24H20F3N5O5S/c25-24(26,27)15-7-13(32-12-30-16-3-1-2-4-17(16)32)5-6-19(15)38(36,37)14-8-18(21(33)34)31(10-14)20-9-23(20,11-28)22(29)35/h1-7,12,14,18,20H,8-10H2,(H2,29,35)(H,33,34)/t14-,18+,20?,23?/m1/s1. The van der Waals surface area contributed by atoms with E-state index in [0.29, 0.717) is 11.0 Å². The van der Waals surface area contributed by atoms with E-state index >= 15 is 0 Å². The Morgan fingerprint density at radius 1 is 1.21 bits per heavy atom. The lowest BCUT2D eigenvalue weighted by Gasteiger charge is -2.22. The number of rotatable bonds is 6. The van der Waals surface area contributed by atoms with Crippen molar-refractivity contribution < 1.29 is 36.3 Å². The van der Waals surface area contributed by atoms with Crippen LogP contribution >= 0.6 is 0 Å². The summed E-state index contributed by atoms with van der Waals surface area (Å²) in [7, 11) is -4.70. The van der Waals surface area contributed by atoms with Crippen molar-refractivity contribution in [3.63, 3.8) is 0 Å². The molecule has 2 fully saturated rings. The Hall–Kier alpha value is -3.96. The summed E-state index contributed by atoms with van der Waals surface area (Å²) in [5, 5.41) is 17.6. The van der Waals surface area contributed by atoms with Crippen LogP contribution in [0, 0.1) is 16.7 Å². The summed E-state index contributed by atoms with van der Waals surface area (Å²) < 4.78 is 71.0. The maximum atomic E-state index is 14.2. The van der Waals surface area contributed by atoms with Crippen LogP contribution in [0.5, 0.6) is 0 Å². The monoisotopic (exact) mass is 547 g/mol. The van der Waals surface area contributed by atoms with Crippen LogP contribution in [-0.2, 0) is 25.6 Å². The smallest absolute Gasteiger partial charge is 0.417 e. The van der Waals surface area contributed by atoms with Crippen molar-refractivity contribution in [3.05, 3.63) is 54.4 Å². The third-order valence-corrected chi connectivity index (χ3v) is 9.48. The number of carbonyl (C=O) groups excluding carboxylic acids is 1. The maximum Gasteiger partial charge on any atom is 0.417 e. The van der Waals surface area contributed by atoms with Crippen LogP contribution in [0.1, 0.15) is 18.4 Å². The van der Waals surface area contributed by atoms with Gasteiger partial charge in [0.05, 0.1) is 32.8 Å². The van der Waals surface area contributed by atoms with Crippen LogP contribution in [0.25, 0.3) is 16.7 Å². The topological polar surface area (TPSA) is 159 Å². The van der Waals surface area contributed by atoms with Crippen LogP contribution in [0.3, 0.4) is 0 Å². The molecular formula is C24H20F3N5O5S. The van der Waals surface area contributed by atoms with E-state index in [1.54, 1.807) is 30.3 Å². The molecule has 5 rings (SSSR count). The number of carbonyl (C=O) groups is 2. The molecule has 2 heterocycles. The molecule has 1 aliphatic heterocycles. The van der Waals surface area contributed by atoms with Gasteiger partial charge in [-0.05, 0) is 43.2 Å². The van der Waals surface area contributed by atoms with Gasteiger partial charge in [0.15, 0.2) is 15.3 Å². The molecule has 1 saturated heterocycles. The van der Waals surface area contributed by atoms with E-state index in [4.69, 9.17) is 5.73 Å². The van der Waals surface area contributed by atoms with Gasteiger partial charge in [-0.3, -0.25) is 19.1 Å². The molecule has 3 aromatic rings. The third kappa shape index (κ3) is 3.89. The van der Waals surface area contributed by atoms with E-state index in [1.807, 2.05) is 0 Å². The highest BCUT2D eigenvalue weighted by Crippen LogP contribution is 2.52. The first-order chi connectivity index (χ1) is 17.8. The van der Waals surface area contributed by atoms with Gasteiger partial charge >= 0.3 is 12.1 Å². The summed E-state index contributed by atoms with van der Waals surface area (Å²) in [6.45, 7) is -0.466. The van der Waals surface area contributed by atoms with E-state index in [2.05, 4.69) is 4.98 Å². The van der Waals surface area contributed by atoms with E-state index in [9.17, 15) is 41.5 Å². The quantitative estimate of drug-likeness (QED) is 0.475. The molecule has 2 unspecified atom stereocenters. The van der Waals surface area contributed by atoms with Gasteiger partial charge in [0, 0.05) is 18.3 Å². The number of carboxylic acids is 1. The van der Waals surface area contributed by atoms with E-state index in [0.717, 1.165) is 12.1 Å². The molecule has 0 radical (unpaired) electrons. The Morgan fingerprint density at radius 2 is 1.92 bits per heavy atom. The highest BCUT2D eigenvalue weighted by Gasteiger charge is 2.66. The van der Waals surface area contributed by atoms with Gasteiger partial charge < -0.3 is 10.8 Å². The number of hydrogen-bond donors (Lipinski definition) is 2. The van der Waals surface area contributed by atoms with Crippen molar-refractivity contribution >= 4 is 32.7 Å². The van der Waals surface area contributed by atoms with Crippen LogP contribution in [0.2, 0.25) is 0 Å². The zero-order valence-corrected chi connectivity index (χ0v) is 20.3. The maximum absolute atomic E-state index is 14.2. The largest absolute Gasteiger partial charge is 0.480 e. The van der Waals surface area contributed by atoms with E-state index in [1.165, 1.54) is 21.9 Å². The second-order valence-electron chi connectivity index (χ2n) is 9.40. The van der Waals surface area contributed by atoms with Crippen molar-refractivity contribution in [2.24, 2.45) is 11.1 Å². The highest BCUT2D eigenvalue weighted by molar-refractivity contribution is 7.92. The molecule has 1 aromatic heterocycles. The molecule has 1 saturated carbocycles. The number of carboxylic acid groups (broad SMARTS) is 1. The van der Waals surface area contributed by atoms with Gasteiger partial charge in [-0.15, -0.1) is 0 Å². The number of primary amides is 1. The Balaban J connectivity index is 1.54. The molecule has 198 valence electrons. The molecule has 0 spiro atoms. The molecule has 3 N–H and O–H groups in total. The zero-order chi connectivity index (χ0) is 27.6. The normalized spacial score (nSPS) is 25.8. The van der Waals surface area contributed by atoms with Crippen molar-refractivity contribution in [1.29, 1.82) is 5.26 Å². The lowest BCUT2D eigenvalue weighted by Crippen LogP contribution is -2.42. The number of hydrogen-bond acceptors (Lipinski definition) is 7. The average molecular weight is 548 g/mol. The number of aromatic nitrogens is 2. The molecule has 1 amide bonds. The SMILES string of the molecule is N#CC1(C(N)=O)CC1N1C[C@H](S(=O)(=O)c2ccc(-n3cnc4ccccc43)cc2C(F)(F)F)C[C@H]1C(=O)O. The lowest BCUT2D eigenvalue weighted by atomic mass is 10.1. The number of nitrogens with zero attached hydrogens (tertiary/aromatic N) is 4. The summed E-state index contributed by atoms with van der Waals surface area (Å²) in [5.74, 6) is -2.38. The minimum atomic E-state index is -5.04. The van der Waals surface area contributed by atoms with Crippen molar-refractivity contribution in [3.8, 4) is 11.8 Å². The summed E-state index contributed by atoms with van der Waals surface area (Å²) in [5.41, 5.74) is 3.34. The van der Waals surface area contributed by atoms with Crippen molar-refractivity contribution in [2.75, 3.05) is 6.54 Å². The molecule has 14 heteroatoms. The predicted octanol–water partition coefficient (Wildman–Crippen LogP) is 2.11. The van der Waals surface area contributed by atoms with Crippen LogP contribution in [0.4, 0.5) is 13.2 Å². The Bertz CT molecular complexity index is 1630. The summed E-state index contributed by atoms with van der Waals surface area (Å²) in [4.78, 5) is 28.1. The van der Waals surface area contributed by atoms with Gasteiger partial charge in [-0.2, -0.15) is 18.4 Å². The summed E-state index contributed by atoms with van der Waals surface area (Å²) >= 11 is 0.